The number of carbonyl (C=O) groups excluding carboxylic acids is 8. The average molecular weight is 1250 g/mol. The number of unbranched alkanes of at least 4 members (excludes halogenated alkanes) is 2. The highest BCUT2D eigenvalue weighted by atomic mass is 32.1. The topological polar surface area (TPSA) is 345 Å². The molecule has 0 saturated carbocycles. The second kappa shape index (κ2) is 36.3. The molecule has 8 amide bonds. The zero-order valence-corrected chi connectivity index (χ0v) is 54.1. The molecule has 1 aliphatic heterocycles. The van der Waals surface area contributed by atoms with Crippen molar-refractivity contribution in [2.75, 3.05) is 44.4 Å². The number of rotatable bonds is 36. The molecule has 0 bridgehead atoms. The van der Waals surface area contributed by atoms with Gasteiger partial charge in [0.2, 0.25) is 11.8 Å². The van der Waals surface area contributed by atoms with Gasteiger partial charge in [0, 0.05) is 55.1 Å². The third kappa shape index (κ3) is 23.7. The SMILES string of the molecule is CCCCCON(C(=O)[C@@H](NC(=O)[C@H]1CCCCN1C)[C@@H](C)CC)[C@H](C[C@@H](OC(=O)NC)c1nc(C(=O)N[C@@H](Cc2ccc(NC(=O)OCc3ccc(NC(=O)[C@H](CCCNC(N)=O)CC(=O)[C@@H](N)C(C)C)cc3)cc2)CC(C)(C)C(=O)O)cs1)C(C)C. The number of carboxylic acids is 1. The Hall–Kier alpha value is -7.22. The summed E-state index contributed by atoms with van der Waals surface area (Å²) in [5, 5.41) is 29.9. The summed E-state index contributed by atoms with van der Waals surface area (Å²) in [4.78, 5) is 132. The lowest BCUT2D eigenvalue weighted by Gasteiger charge is -2.39. The number of aliphatic carboxylic acids is 1. The van der Waals surface area contributed by atoms with E-state index in [0.717, 1.165) is 43.6 Å². The van der Waals surface area contributed by atoms with E-state index in [1.54, 1.807) is 62.4 Å². The van der Waals surface area contributed by atoms with E-state index in [1.807, 2.05) is 53.5 Å². The number of ketones is 1. The fourth-order valence-corrected chi connectivity index (χ4v) is 11.0. The van der Waals surface area contributed by atoms with Crippen LogP contribution < -0.4 is 43.4 Å². The molecule has 88 heavy (non-hydrogen) atoms. The molecule has 1 aliphatic rings. The number of benzene rings is 2. The largest absolute Gasteiger partial charge is 0.481 e. The van der Waals surface area contributed by atoms with E-state index in [9.17, 15) is 48.3 Å². The number of amides is 8. The van der Waals surface area contributed by atoms with Crippen LogP contribution in [0.15, 0.2) is 53.9 Å². The Morgan fingerprint density at radius 1 is 0.864 bits per heavy atom. The highest BCUT2D eigenvalue weighted by Gasteiger charge is 2.40. The number of piperidine rings is 1. The van der Waals surface area contributed by atoms with Gasteiger partial charge in [-0.2, -0.15) is 0 Å². The zero-order chi connectivity index (χ0) is 65.3. The van der Waals surface area contributed by atoms with Crippen LogP contribution in [0.1, 0.15) is 172 Å². The first-order chi connectivity index (χ1) is 41.7. The van der Waals surface area contributed by atoms with Crippen molar-refractivity contribution in [3.63, 3.8) is 0 Å². The van der Waals surface area contributed by atoms with Crippen molar-refractivity contribution >= 4 is 76.3 Å². The molecule has 3 aromatic rings. The Morgan fingerprint density at radius 3 is 2.11 bits per heavy atom. The lowest BCUT2D eigenvalue weighted by Crippen LogP contribution is -2.58. The zero-order valence-electron chi connectivity index (χ0n) is 53.2. The number of Topliss-reactive ketones (excluding diaryl/α,β-unsaturated/α-hetero) is 1. The maximum atomic E-state index is 15.0. The summed E-state index contributed by atoms with van der Waals surface area (Å²) >= 11 is 1.08. The lowest BCUT2D eigenvalue weighted by atomic mass is 9.84. The number of urea groups is 1. The maximum Gasteiger partial charge on any atom is 0.411 e. The monoisotopic (exact) mass is 1250 g/mol. The summed E-state index contributed by atoms with van der Waals surface area (Å²) in [5.41, 5.74) is 12.1. The van der Waals surface area contributed by atoms with E-state index in [4.69, 9.17) is 25.8 Å². The van der Waals surface area contributed by atoms with Crippen molar-refractivity contribution in [3.05, 3.63) is 75.7 Å². The van der Waals surface area contributed by atoms with E-state index in [-0.39, 0.29) is 97.5 Å². The van der Waals surface area contributed by atoms with Gasteiger partial charge in [-0.05, 0) is 126 Å². The number of thiazole rings is 1. The molecule has 24 nitrogen and oxygen atoms in total. The Balaban J connectivity index is 1.47. The lowest BCUT2D eigenvalue weighted by molar-refractivity contribution is -0.212. The first-order valence-corrected chi connectivity index (χ1v) is 31.6. The van der Waals surface area contributed by atoms with Gasteiger partial charge in [-0.1, -0.05) is 98.4 Å². The van der Waals surface area contributed by atoms with Crippen LogP contribution in [0, 0.1) is 29.1 Å². The number of nitrogens with one attached hydrogen (secondary N) is 6. The first-order valence-electron chi connectivity index (χ1n) is 30.8. The quantitative estimate of drug-likeness (QED) is 0.0195. The van der Waals surface area contributed by atoms with Crippen LogP contribution in [-0.2, 0) is 51.3 Å². The van der Waals surface area contributed by atoms with Gasteiger partial charge in [0.25, 0.3) is 11.8 Å². The van der Waals surface area contributed by atoms with Gasteiger partial charge in [0.05, 0.1) is 30.1 Å². The number of anilines is 2. The number of hydrogen-bond donors (Lipinski definition) is 9. The molecule has 25 heteroatoms. The predicted octanol–water partition coefficient (Wildman–Crippen LogP) is 8.46. The molecule has 4 rings (SSSR count). The highest BCUT2D eigenvalue weighted by molar-refractivity contribution is 7.09. The number of aromatic nitrogens is 1. The minimum Gasteiger partial charge on any atom is -0.481 e. The number of carboxylic acid groups (broad SMARTS) is 1. The van der Waals surface area contributed by atoms with Crippen molar-refractivity contribution in [1.82, 2.24) is 36.2 Å². The van der Waals surface area contributed by atoms with E-state index < -0.39 is 77.6 Å². The molecule has 2 aromatic carbocycles. The highest BCUT2D eigenvalue weighted by Crippen LogP contribution is 2.33. The number of likely N-dealkylation sites (tertiary alicyclic amines) is 1. The summed E-state index contributed by atoms with van der Waals surface area (Å²) < 4.78 is 11.4. The summed E-state index contributed by atoms with van der Waals surface area (Å²) in [6.07, 6.45) is 3.91. The van der Waals surface area contributed by atoms with E-state index in [2.05, 4.69) is 43.8 Å². The molecule has 488 valence electrons. The van der Waals surface area contributed by atoms with Crippen LogP contribution in [0.25, 0.3) is 0 Å². The predicted molar refractivity (Wildman–Crippen MR) is 337 cm³/mol. The van der Waals surface area contributed by atoms with Gasteiger partial charge >= 0.3 is 24.2 Å². The van der Waals surface area contributed by atoms with Crippen molar-refractivity contribution in [2.24, 2.45) is 40.6 Å². The number of alkyl carbamates (subject to hydrolysis) is 1. The first kappa shape index (κ1) is 73.3. The molecular weight excluding hydrogens is 1150 g/mol. The number of nitrogens with two attached hydrogens (primary N) is 2. The van der Waals surface area contributed by atoms with Crippen LogP contribution >= 0.6 is 11.3 Å². The number of carbonyl (C=O) groups is 9. The smallest absolute Gasteiger partial charge is 0.411 e. The van der Waals surface area contributed by atoms with Gasteiger partial charge in [-0.3, -0.25) is 43.8 Å². The molecule has 1 fully saturated rings. The molecule has 8 atom stereocenters. The third-order valence-corrected chi connectivity index (χ3v) is 16.9. The fraction of sp³-hybridized carbons (Fsp3) is 0.619. The van der Waals surface area contributed by atoms with E-state index >= 15 is 0 Å². The number of nitrogens with zero attached hydrogens (tertiary/aromatic N) is 3. The van der Waals surface area contributed by atoms with Crippen LogP contribution in [0.2, 0.25) is 0 Å². The number of primary amides is 1. The van der Waals surface area contributed by atoms with E-state index in [1.165, 1.54) is 17.5 Å². The number of likely N-dealkylation sites (N-methyl/N-ethyl adjacent to an activating group) is 1. The third-order valence-electron chi connectivity index (χ3n) is 15.9. The van der Waals surface area contributed by atoms with Crippen molar-refractivity contribution in [1.29, 1.82) is 0 Å². The van der Waals surface area contributed by atoms with E-state index in [0.29, 0.717) is 54.6 Å². The Bertz CT molecular complexity index is 2760. The number of hydroxylamine groups is 2. The summed E-state index contributed by atoms with van der Waals surface area (Å²) in [7, 11) is 3.33. The molecule has 0 unspecified atom stereocenters. The van der Waals surface area contributed by atoms with Crippen LogP contribution in [-0.4, -0.2) is 138 Å². The molecule has 1 aromatic heterocycles. The van der Waals surface area contributed by atoms with Crippen LogP contribution in [0.5, 0.6) is 0 Å². The second-order valence-corrected chi connectivity index (χ2v) is 25.1. The summed E-state index contributed by atoms with van der Waals surface area (Å²) in [6.45, 7) is 17.7. The number of ether oxygens (including phenoxy) is 2. The minimum absolute atomic E-state index is 0.00755. The minimum atomic E-state index is -1.27. The van der Waals surface area contributed by atoms with Gasteiger partial charge in [0.15, 0.2) is 11.9 Å². The maximum absolute atomic E-state index is 15.0. The molecular formula is C63H97N11O13S. The van der Waals surface area contributed by atoms with Crippen molar-refractivity contribution in [3.8, 4) is 0 Å². The normalized spacial score (nSPS) is 16.0. The van der Waals surface area contributed by atoms with Crippen molar-refractivity contribution in [2.45, 2.75) is 189 Å². The fourth-order valence-electron chi connectivity index (χ4n) is 10.1. The summed E-state index contributed by atoms with van der Waals surface area (Å²) in [5.74, 6) is -4.27. The molecule has 0 spiro atoms. The van der Waals surface area contributed by atoms with Gasteiger partial charge in [-0.25, -0.2) is 24.4 Å². The Labute approximate surface area is 522 Å². The molecule has 1 saturated heterocycles. The molecule has 0 aliphatic carbocycles. The van der Waals surface area contributed by atoms with Crippen molar-refractivity contribution < 1.29 is 62.6 Å². The molecule has 2 heterocycles. The molecule has 0 radical (unpaired) electrons. The number of hydrogen-bond acceptors (Lipinski definition) is 16. The standard InChI is InChI=1S/C63H97N11O13S/c1-12-14-17-31-86-74(58(79)53(40(7)13-2)72-56(78)48-20-15-16-30-73(48)11)49(38(3)4)34-51(87-61(83)66-10)57-71-47(37-88-57)55(77)69-46(35-63(8,9)59(80)81)32-41-21-25-45(26-22-41)70-62(84)85-36-42-23-27-44(28-24-42)68-54(76)43(19-18-29-67-60(65)82)33-50(75)52(64)39(5)6/h21-28,37-40,43,46,48-49,51-53H,12-20,29-36,64H2,1-11H3,(H,66,83)(H,68,76)(H,69,77)(H,70,84)(H,72,78)(H,80,81)(H3,65,67,82)/t40-,43+,46-,48+,49+,51+,52-,53-/m0/s1. The second-order valence-electron chi connectivity index (χ2n) is 24.3. The average Bonchev–Trinajstić information content (AvgIpc) is 3.57. The Morgan fingerprint density at radius 2 is 1.52 bits per heavy atom. The van der Waals surface area contributed by atoms with Gasteiger partial charge < -0.3 is 52.6 Å². The Kier molecular flexibility index (Phi) is 30.2. The van der Waals surface area contributed by atoms with Gasteiger partial charge in [0.1, 0.15) is 23.4 Å². The van der Waals surface area contributed by atoms with Crippen LogP contribution in [0.4, 0.5) is 25.8 Å². The van der Waals surface area contributed by atoms with Crippen LogP contribution in [0.3, 0.4) is 0 Å². The van der Waals surface area contributed by atoms with Gasteiger partial charge in [-0.15, -0.1) is 11.3 Å². The molecule has 11 N–H and O–H groups in total. The summed E-state index contributed by atoms with van der Waals surface area (Å²) in [6, 6.07) is 9.26.